The molecule has 232 valence electrons. The second-order valence-corrected chi connectivity index (χ2v) is 11.4. The minimum absolute atomic E-state index is 0.0285. The van der Waals surface area contributed by atoms with Crippen LogP contribution in [0.4, 0.5) is 5.69 Å². The summed E-state index contributed by atoms with van der Waals surface area (Å²) in [6, 6.07) is 32.2. The number of aryl methyl sites for hydroxylation is 1. The number of hydrogen-bond acceptors (Lipinski definition) is 5. The smallest absolute Gasteiger partial charge is 0.337 e. The predicted molar refractivity (Wildman–Crippen MR) is 177 cm³/mol. The largest absolute Gasteiger partial charge is 0.484 e. The van der Waals surface area contributed by atoms with Gasteiger partial charge in [0.05, 0.1) is 0 Å². The van der Waals surface area contributed by atoms with Crippen molar-refractivity contribution in [1.82, 2.24) is 10.3 Å². The van der Waals surface area contributed by atoms with Crippen molar-refractivity contribution in [3.63, 3.8) is 0 Å². The van der Waals surface area contributed by atoms with E-state index in [-0.39, 0.29) is 18.6 Å². The number of amides is 1. The summed E-state index contributed by atoms with van der Waals surface area (Å²) in [6.07, 6.45) is 1.58. The van der Waals surface area contributed by atoms with Crippen molar-refractivity contribution in [3.8, 4) is 5.75 Å². The molecule has 4 aromatic carbocycles. The monoisotopic (exact) mass is 625 g/mol. The summed E-state index contributed by atoms with van der Waals surface area (Å²) in [4.78, 5) is 26.2. The lowest BCUT2D eigenvalue weighted by Gasteiger charge is -2.27. The van der Waals surface area contributed by atoms with E-state index < -0.39 is 12.1 Å². The number of carbonyl (C=O) groups is 2. The highest BCUT2D eigenvalue weighted by Gasteiger charge is 2.24. The lowest BCUT2D eigenvalue weighted by atomic mass is 9.90. The van der Waals surface area contributed by atoms with Crippen LogP contribution in [0.5, 0.6) is 5.75 Å². The number of aromatic amines is 1. The first kappa shape index (κ1) is 31.8. The molecule has 0 spiro atoms. The molecule has 45 heavy (non-hydrogen) atoms. The lowest BCUT2D eigenvalue weighted by Crippen LogP contribution is -2.36. The van der Waals surface area contributed by atoms with Gasteiger partial charge < -0.3 is 30.6 Å². The Bertz CT molecular complexity index is 1740. The Labute approximate surface area is 267 Å². The van der Waals surface area contributed by atoms with Crippen molar-refractivity contribution in [2.75, 3.05) is 11.9 Å². The zero-order valence-electron chi connectivity index (χ0n) is 24.9. The third-order valence-electron chi connectivity index (χ3n) is 7.79. The molecule has 0 aliphatic heterocycles. The molecule has 6 rings (SSSR count). The maximum absolute atomic E-state index is 12.4. The molecule has 3 atom stereocenters. The van der Waals surface area contributed by atoms with Gasteiger partial charge in [0.15, 0.2) is 12.7 Å². The van der Waals surface area contributed by atoms with Gasteiger partial charge in [-0.25, -0.2) is 4.79 Å². The highest BCUT2D eigenvalue weighted by atomic mass is 35.5. The highest BCUT2D eigenvalue weighted by Crippen LogP contribution is 2.32. The standard InChI is InChI=1S/C28H28ClN3O2.C8H8O3/c1-18(22-9-5-6-10-25(22)29)30-19-11-13-26-23(15-19)24-16-20(12-14-27(24)32-26)31-28(33)17-34-21-7-3-2-4-8-21;9-7(8(10)11)6-4-2-1-3-5-6/h2-10,12,14,16,18-19,30,32H,11,13,15,17H2,1H3,(H,31,33);1-5,7,9H,(H,10,11). The molecule has 0 saturated carbocycles. The minimum Gasteiger partial charge on any atom is -0.484 e. The number of hydrogen-bond donors (Lipinski definition) is 5. The Morgan fingerprint density at radius 1 is 0.978 bits per heavy atom. The number of rotatable bonds is 9. The number of ether oxygens (including phenoxy) is 1. The van der Waals surface area contributed by atoms with E-state index in [1.54, 1.807) is 30.3 Å². The second kappa shape index (κ2) is 14.9. The van der Waals surface area contributed by atoms with Crippen LogP contribution >= 0.6 is 11.6 Å². The second-order valence-electron chi connectivity index (χ2n) is 11.0. The zero-order valence-corrected chi connectivity index (χ0v) is 25.6. The fourth-order valence-corrected chi connectivity index (χ4v) is 5.85. The minimum atomic E-state index is -1.41. The van der Waals surface area contributed by atoms with Gasteiger partial charge in [0, 0.05) is 39.4 Å². The number of aliphatic hydroxyl groups is 1. The molecule has 0 fully saturated rings. The number of aliphatic hydroxyl groups excluding tert-OH is 1. The van der Waals surface area contributed by atoms with Crippen LogP contribution in [0.15, 0.2) is 103 Å². The number of carbonyl (C=O) groups excluding carboxylic acids is 1. The van der Waals surface area contributed by atoms with Crippen LogP contribution in [0.3, 0.4) is 0 Å². The average molecular weight is 626 g/mol. The van der Waals surface area contributed by atoms with Crippen LogP contribution in [0, 0.1) is 0 Å². The lowest BCUT2D eigenvalue weighted by molar-refractivity contribution is -0.147. The maximum Gasteiger partial charge on any atom is 0.337 e. The first-order valence-electron chi connectivity index (χ1n) is 14.9. The van der Waals surface area contributed by atoms with Crippen LogP contribution in [-0.2, 0) is 22.4 Å². The van der Waals surface area contributed by atoms with Crippen LogP contribution < -0.4 is 15.4 Å². The molecule has 1 aliphatic rings. The summed E-state index contributed by atoms with van der Waals surface area (Å²) in [6.45, 7) is 2.14. The van der Waals surface area contributed by atoms with E-state index >= 15 is 0 Å². The number of carboxylic acid groups (broad SMARTS) is 1. The van der Waals surface area contributed by atoms with E-state index in [4.69, 9.17) is 26.6 Å². The Balaban J connectivity index is 0.000000309. The number of nitrogens with one attached hydrogen (secondary N) is 3. The summed E-state index contributed by atoms with van der Waals surface area (Å²) < 4.78 is 5.56. The van der Waals surface area contributed by atoms with E-state index in [9.17, 15) is 9.59 Å². The maximum atomic E-state index is 12.4. The SMILES string of the molecule is CC(NC1CCc2[nH]c3ccc(NC(=O)COc4ccccc4)cc3c2C1)c1ccccc1Cl.O=C(O)C(O)c1ccccc1. The number of carboxylic acids is 1. The first-order valence-corrected chi connectivity index (χ1v) is 15.2. The number of halogens is 1. The van der Waals surface area contributed by atoms with Crippen molar-refractivity contribution in [2.45, 2.75) is 44.4 Å². The average Bonchev–Trinajstić information content (AvgIpc) is 3.42. The Hall–Kier alpha value is -4.63. The molecule has 9 heteroatoms. The van der Waals surface area contributed by atoms with Gasteiger partial charge in [-0.05, 0) is 79.3 Å². The molecule has 1 amide bonds. The summed E-state index contributed by atoms with van der Waals surface area (Å²) in [5.74, 6) is -0.728. The molecule has 1 aromatic heterocycles. The molecule has 1 heterocycles. The topological polar surface area (TPSA) is 124 Å². The molecular weight excluding hydrogens is 590 g/mol. The molecule has 1 aliphatic carbocycles. The van der Waals surface area contributed by atoms with Crippen LogP contribution in [0.25, 0.3) is 10.9 Å². The van der Waals surface area contributed by atoms with Crippen molar-refractivity contribution in [2.24, 2.45) is 0 Å². The predicted octanol–water partition coefficient (Wildman–Crippen LogP) is 6.85. The number of anilines is 1. The van der Waals surface area contributed by atoms with Crippen molar-refractivity contribution < 1.29 is 24.5 Å². The summed E-state index contributed by atoms with van der Waals surface area (Å²) >= 11 is 6.41. The van der Waals surface area contributed by atoms with Gasteiger partial charge >= 0.3 is 5.97 Å². The van der Waals surface area contributed by atoms with Gasteiger partial charge in [-0.2, -0.15) is 0 Å². The van der Waals surface area contributed by atoms with Gasteiger partial charge in [0.25, 0.3) is 5.91 Å². The summed E-state index contributed by atoms with van der Waals surface area (Å²) in [5, 5.41) is 26.1. The number of para-hydroxylation sites is 1. The van der Waals surface area contributed by atoms with Gasteiger partial charge in [0.1, 0.15) is 5.75 Å². The van der Waals surface area contributed by atoms with Gasteiger partial charge in [-0.3, -0.25) is 4.79 Å². The first-order chi connectivity index (χ1) is 21.8. The van der Waals surface area contributed by atoms with E-state index in [1.165, 1.54) is 11.3 Å². The Kier molecular flexibility index (Phi) is 10.5. The van der Waals surface area contributed by atoms with Gasteiger partial charge in [0.2, 0.25) is 0 Å². The molecule has 5 aromatic rings. The fraction of sp³-hybridized carbons (Fsp3) is 0.222. The normalized spacial score (nSPS) is 15.2. The highest BCUT2D eigenvalue weighted by molar-refractivity contribution is 6.31. The molecular formula is C36H36ClN3O5. The number of benzene rings is 4. The molecule has 3 unspecified atom stereocenters. The van der Waals surface area contributed by atoms with Crippen LogP contribution in [0.1, 0.15) is 47.9 Å². The Morgan fingerprint density at radius 3 is 2.38 bits per heavy atom. The van der Waals surface area contributed by atoms with E-state index in [0.29, 0.717) is 17.4 Å². The van der Waals surface area contributed by atoms with E-state index in [1.807, 2.05) is 60.7 Å². The Morgan fingerprint density at radius 2 is 1.67 bits per heavy atom. The number of aliphatic carboxylic acids is 1. The molecule has 0 saturated heterocycles. The molecule has 5 N–H and O–H groups in total. The van der Waals surface area contributed by atoms with Crippen molar-refractivity contribution >= 4 is 40.1 Å². The summed E-state index contributed by atoms with van der Waals surface area (Å²) in [5.41, 5.74) is 6.01. The van der Waals surface area contributed by atoms with Gasteiger partial charge in [-0.15, -0.1) is 0 Å². The van der Waals surface area contributed by atoms with E-state index in [2.05, 4.69) is 34.7 Å². The van der Waals surface area contributed by atoms with Crippen LogP contribution in [-0.4, -0.2) is 39.7 Å². The van der Waals surface area contributed by atoms with E-state index in [0.717, 1.165) is 46.4 Å². The third kappa shape index (κ3) is 8.30. The third-order valence-corrected chi connectivity index (χ3v) is 8.14. The molecule has 0 radical (unpaired) electrons. The number of H-pyrrole nitrogens is 1. The summed E-state index contributed by atoms with van der Waals surface area (Å²) in [7, 11) is 0. The number of aromatic nitrogens is 1. The fourth-order valence-electron chi connectivity index (χ4n) is 5.55. The molecule has 0 bridgehead atoms. The van der Waals surface area contributed by atoms with Crippen LogP contribution in [0.2, 0.25) is 5.02 Å². The van der Waals surface area contributed by atoms with Crippen molar-refractivity contribution in [3.05, 3.63) is 131 Å². The van der Waals surface area contributed by atoms with Crippen molar-refractivity contribution in [1.29, 1.82) is 0 Å². The molecule has 8 nitrogen and oxygen atoms in total. The van der Waals surface area contributed by atoms with Gasteiger partial charge in [-0.1, -0.05) is 78.3 Å². The number of fused-ring (bicyclic) bond motifs is 3. The zero-order chi connectivity index (χ0) is 31.8. The quantitative estimate of drug-likeness (QED) is 0.122.